The van der Waals surface area contributed by atoms with Crippen LogP contribution in [0.3, 0.4) is 0 Å². The largest absolute Gasteiger partial charge is 0.405 e. The van der Waals surface area contributed by atoms with Crippen LogP contribution in [0.15, 0.2) is 40.9 Å². The Bertz CT molecular complexity index is 386. The number of oxazole rings is 1. The Hall–Kier alpha value is -1.42. The van der Waals surface area contributed by atoms with Crippen molar-refractivity contribution >= 4 is 12.9 Å². The van der Waals surface area contributed by atoms with Crippen molar-refractivity contribution in [2.24, 2.45) is 0 Å². The van der Waals surface area contributed by atoms with Gasteiger partial charge in [-0.25, -0.2) is 4.98 Å². The lowest BCUT2D eigenvalue weighted by Gasteiger charge is -1.92. The van der Waals surface area contributed by atoms with Crippen LogP contribution in [0.5, 0.6) is 5.95 Å². The zero-order chi connectivity index (χ0) is 9.10. The normalized spacial score (nSPS) is 9.92. The molecule has 0 unspecified atom stereocenters. The highest BCUT2D eigenvalue weighted by Crippen LogP contribution is 2.22. The highest BCUT2D eigenvalue weighted by atomic mass is 32.1. The van der Waals surface area contributed by atoms with E-state index in [9.17, 15) is 0 Å². The summed E-state index contributed by atoms with van der Waals surface area (Å²) in [5.41, 5.74) is 0.916. The van der Waals surface area contributed by atoms with Crippen LogP contribution in [0.25, 0.3) is 11.5 Å². The molecular formula is C9H7NO2S. The monoisotopic (exact) mass is 193 g/mol. The van der Waals surface area contributed by atoms with E-state index < -0.39 is 0 Å². The molecule has 0 spiro atoms. The predicted octanol–water partition coefficient (Wildman–Crippen LogP) is 2.57. The molecule has 66 valence electrons. The summed E-state index contributed by atoms with van der Waals surface area (Å²) in [7, 11) is 0. The van der Waals surface area contributed by atoms with Gasteiger partial charge in [0.05, 0.1) is 0 Å². The highest BCUT2D eigenvalue weighted by Gasteiger charge is 2.05. The third-order valence-corrected chi connectivity index (χ3v) is 1.78. The van der Waals surface area contributed by atoms with Crippen molar-refractivity contribution in [1.82, 2.24) is 4.98 Å². The molecule has 1 heterocycles. The fraction of sp³-hybridized carbons (Fsp3) is 0. The Balaban J connectivity index is 2.36. The zero-order valence-corrected chi connectivity index (χ0v) is 7.57. The Labute approximate surface area is 81.0 Å². The molecule has 0 radical (unpaired) electrons. The van der Waals surface area contributed by atoms with Crippen molar-refractivity contribution < 1.29 is 8.60 Å². The maximum Gasteiger partial charge on any atom is 0.317 e. The van der Waals surface area contributed by atoms with Gasteiger partial charge in [-0.1, -0.05) is 18.2 Å². The van der Waals surface area contributed by atoms with Crippen molar-refractivity contribution in [1.29, 1.82) is 0 Å². The number of hydrogen-bond acceptors (Lipinski definition) is 4. The first-order chi connectivity index (χ1) is 6.40. The molecule has 2 rings (SSSR count). The van der Waals surface area contributed by atoms with Crippen molar-refractivity contribution in [3.05, 3.63) is 36.5 Å². The summed E-state index contributed by atoms with van der Waals surface area (Å²) in [4.78, 5) is 4.02. The molecule has 0 fully saturated rings. The van der Waals surface area contributed by atoms with E-state index in [2.05, 4.69) is 22.1 Å². The van der Waals surface area contributed by atoms with Crippen molar-refractivity contribution in [3.8, 4) is 17.4 Å². The minimum Gasteiger partial charge on any atom is -0.405 e. The fourth-order valence-electron chi connectivity index (χ4n) is 1.02. The first-order valence-electron chi connectivity index (χ1n) is 3.73. The lowest BCUT2D eigenvalue weighted by molar-refractivity contribution is 0.433. The summed E-state index contributed by atoms with van der Waals surface area (Å²) in [5, 5.41) is 0. The lowest BCUT2D eigenvalue weighted by Crippen LogP contribution is -1.73. The summed E-state index contributed by atoms with van der Waals surface area (Å²) in [6.45, 7) is 0. The van der Waals surface area contributed by atoms with Crippen LogP contribution in [0, 0.1) is 0 Å². The number of benzene rings is 1. The molecule has 0 aliphatic rings. The maximum absolute atomic E-state index is 5.21. The predicted molar refractivity (Wildman–Crippen MR) is 51.6 cm³/mol. The molecule has 4 heteroatoms. The molecule has 13 heavy (non-hydrogen) atoms. The molecule has 0 N–H and O–H groups in total. The van der Waals surface area contributed by atoms with Gasteiger partial charge in [0, 0.05) is 18.5 Å². The van der Waals surface area contributed by atoms with Gasteiger partial charge in [-0.3, -0.25) is 0 Å². The number of nitrogens with zero attached hydrogens (tertiary/aromatic N) is 1. The number of aromatic nitrogens is 1. The van der Waals surface area contributed by atoms with E-state index in [0.29, 0.717) is 11.8 Å². The Morgan fingerprint density at radius 2 is 2.00 bits per heavy atom. The molecule has 0 amide bonds. The van der Waals surface area contributed by atoms with Crippen LogP contribution in [0.4, 0.5) is 0 Å². The first-order valence-corrected chi connectivity index (χ1v) is 4.09. The minimum absolute atomic E-state index is 0.294. The van der Waals surface area contributed by atoms with Crippen LogP contribution in [0.2, 0.25) is 0 Å². The van der Waals surface area contributed by atoms with E-state index in [1.807, 2.05) is 30.3 Å². The van der Waals surface area contributed by atoms with Gasteiger partial charge >= 0.3 is 5.95 Å². The lowest BCUT2D eigenvalue weighted by atomic mass is 10.2. The van der Waals surface area contributed by atoms with E-state index in [1.165, 1.54) is 6.20 Å². The Kier molecular flexibility index (Phi) is 2.23. The van der Waals surface area contributed by atoms with Crippen LogP contribution < -0.4 is 4.18 Å². The summed E-state index contributed by atoms with van der Waals surface area (Å²) in [5.74, 6) is 0.826. The van der Waals surface area contributed by atoms with Gasteiger partial charge in [-0.2, -0.15) is 0 Å². The fourth-order valence-corrected chi connectivity index (χ4v) is 1.10. The quantitative estimate of drug-likeness (QED) is 0.588. The molecule has 1 aromatic heterocycles. The van der Waals surface area contributed by atoms with Gasteiger partial charge in [0.1, 0.15) is 6.20 Å². The average molecular weight is 193 g/mol. The van der Waals surface area contributed by atoms with Crippen LogP contribution >= 0.6 is 12.9 Å². The third kappa shape index (κ3) is 1.67. The molecule has 0 atom stereocenters. The summed E-state index contributed by atoms with van der Waals surface area (Å²) < 4.78 is 9.79. The van der Waals surface area contributed by atoms with E-state index in [0.717, 1.165) is 5.56 Å². The van der Waals surface area contributed by atoms with E-state index in [4.69, 9.17) is 4.42 Å². The summed E-state index contributed by atoms with van der Waals surface area (Å²) >= 11 is 3.60. The minimum atomic E-state index is 0.294. The Morgan fingerprint density at radius 1 is 1.23 bits per heavy atom. The smallest absolute Gasteiger partial charge is 0.317 e. The molecule has 0 aliphatic carbocycles. The number of hydrogen-bond donors (Lipinski definition) is 1. The van der Waals surface area contributed by atoms with Crippen molar-refractivity contribution in [3.63, 3.8) is 0 Å². The van der Waals surface area contributed by atoms with Gasteiger partial charge in [-0.05, 0) is 12.1 Å². The molecule has 1 aromatic carbocycles. The molecular weight excluding hydrogens is 186 g/mol. The van der Waals surface area contributed by atoms with Crippen LogP contribution in [-0.2, 0) is 0 Å². The van der Waals surface area contributed by atoms with Gasteiger partial charge in [0.2, 0.25) is 5.89 Å². The molecule has 0 saturated carbocycles. The second kappa shape index (κ2) is 3.53. The number of thiol groups is 1. The van der Waals surface area contributed by atoms with Gasteiger partial charge in [0.25, 0.3) is 0 Å². The van der Waals surface area contributed by atoms with Crippen molar-refractivity contribution in [2.45, 2.75) is 0 Å². The molecule has 0 bridgehead atoms. The SMILES string of the molecule is SOc1cnc(-c2ccccc2)o1. The summed E-state index contributed by atoms with van der Waals surface area (Å²) in [6.07, 6.45) is 1.48. The maximum atomic E-state index is 5.21. The van der Waals surface area contributed by atoms with E-state index in [1.54, 1.807) is 0 Å². The summed E-state index contributed by atoms with van der Waals surface area (Å²) in [6, 6.07) is 9.59. The molecule has 0 saturated heterocycles. The standard InChI is InChI=1S/C9H7NO2S/c13-12-8-6-10-9(11-8)7-4-2-1-3-5-7/h1-6,13H. The van der Waals surface area contributed by atoms with Crippen LogP contribution in [0.1, 0.15) is 0 Å². The zero-order valence-electron chi connectivity index (χ0n) is 6.68. The van der Waals surface area contributed by atoms with Crippen molar-refractivity contribution in [2.75, 3.05) is 0 Å². The number of rotatable bonds is 2. The molecule has 0 aliphatic heterocycles. The molecule has 2 aromatic rings. The third-order valence-electron chi connectivity index (χ3n) is 1.60. The van der Waals surface area contributed by atoms with E-state index in [-0.39, 0.29) is 0 Å². The topological polar surface area (TPSA) is 35.3 Å². The molecule has 3 nitrogen and oxygen atoms in total. The Morgan fingerprint density at radius 3 is 2.62 bits per heavy atom. The van der Waals surface area contributed by atoms with E-state index >= 15 is 0 Å². The second-order valence-corrected chi connectivity index (χ2v) is 2.62. The second-order valence-electron chi connectivity index (χ2n) is 2.44. The van der Waals surface area contributed by atoms with Gasteiger partial charge in [0.15, 0.2) is 0 Å². The van der Waals surface area contributed by atoms with Gasteiger partial charge in [-0.15, -0.1) is 0 Å². The van der Waals surface area contributed by atoms with Crippen LogP contribution in [-0.4, -0.2) is 4.98 Å². The van der Waals surface area contributed by atoms with Gasteiger partial charge < -0.3 is 8.60 Å². The first kappa shape index (κ1) is 8.19. The average Bonchev–Trinajstić information content (AvgIpc) is 2.67. The highest BCUT2D eigenvalue weighted by molar-refractivity contribution is 7.75.